The molecule has 31 heavy (non-hydrogen) atoms. The maximum absolute atomic E-state index is 14.8. The number of hydrazone groups is 1. The highest BCUT2D eigenvalue weighted by atomic mass is 32.1. The van der Waals surface area contributed by atoms with Gasteiger partial charge in [0.05, 0.1) is 38.2 Å². The topological polar surface area (TPSA) is 83.9 Å². The maximum Gasteiger partial charge on any atom is 0.414 e. The van der Waals surface area contributed by atoms with E-state index in [9.17, 15) is 14.0 Å². The predicted octanol–water partition coefficient (Wildman–Crippen LogP) is 2.53. The number of hydrogen-bond acceptors (Lipinski definition) is 9. The number of ether oxygens (including phenoxy) is 3. The van der Waals surface area contributed by atoms with Crippen molar-refractivity contribution >= 4 is 47.0 Å². The number of nitrogens with zero attached hydrogens (tertiary/aromatic N) is 4. The van der Waals surface area contributed by atoms with Gasteiger partial charge in [0.2, 0.25) is 0 Å². The Morgan fingerprint density at radius 3 is 2.84 bits per heavy atom. The molecular weight excluding hydrogens is 427 g/mol. The summed E-state index contributed by atoms with van der Waals surface area (Å²) in [6.45, 7) is 3.31. The summed E-state index contributed by atoms with van der Waals surface area (Å²) in [5.41, 5.74) is 0.749. The minimum Gasteiger partial charge on any atom is -0.490 e. The Balaban J connectivity index is 1.61. The Bertz CT molecular complexity index is 868. The highest BCUT2D eigenvalue weighted by Crippen LogP contribution is 2.29. The van der Waals surface area contributed by atoms with E-state index in [0.717, 1.165) is 0 Å². The number of carbonyl (C=O) groups excluding carboxylic acids is 2. The fourth-order valence-electron chi connectivity index (χ4n) is 3.29. The van der Waals surface area contributed by atoms with Gasteiger partial charge in [-0.2, -0.15) is 5.10 Å². The summed E-state index contributed by atoms with van der Waals surface area (Å²) in [6, 6.07) is 4.57. The lowest BCUT2D eigenvalue weighted by molar-refractivity contribution is -0.144. The van der Waals surface area contributed by atoms with Crippen LogP contribution in [-0.2, 0) is 19.0 Å². The van der Waals surface area contributed by atoms with Gasteiger partial charge in [0.15, 0.2) is 5.05 Å². The second-order valence-electron chi connectivity index (χ2n) is 6.98. The molecule has 1 fully saturated rings. The van der Waals surface area contributed by atoms with E-state index in [-0.39, 0.29) is 18.6 Å². The number of carbonyl (C=O) groups is 2. The van der Waals surface area contributed by atoms with Gasteiger partial charge >= 0.3 is 12.1 Å². The highest BCUT2D eigenvalue weighted by molar-refractivity contribution is 7.80. The van der Waals surface area contributed by atoms with Crippen LogP contribution in [0.25, 0.3) is 0 Å². The number of rotatable bonds is 8. The summed E-state index contributed by atoms with van der Waals surface area (Å²) >= 11 is 5.01. The third-order valence-electron chi connectivity index (χ3n) is 4.89. The summed E-state index contributed by atoms with van der Waals surface area (Å²) < 4.78 is 30.0. The molecule has 0 unspecified atom stereocenters. The van der Waals surface area contributed by atoms with Crippen LogP contribution < -0.4 is 9.80 Å². The van der Waals surface area contributed by atoms with Crippen LogP contribution in [0.2, 0.25) is 0 Å². The number of thiocarbonyl (C=S) groups is 1. The van der Waals surface area contributed by atoms with Gasteiger partial charge in [0.25, 0.3) is 0 Å². The van der Waals surface area contributed by atoms with Gasteiger partial charge in [-0.25, -0.2) is 9.18 Å². The molecule has 9 nitrogen and oxygen atoms in total. The van der Waals surface area contributed by atoms with Crippen LogP contribution in [-0.4, -0.2) is 74.5 Å². The quantitative estimate of drug-likeness (QED) is 0.440. The molecule has 2 aliphatic heterocycles. The first-order chi connectivity index (χ1) is 14.9. The van der Waals surface area contributed by atoms with Crippen molar-refractivity contribution in [3.8, 4) is 0 Å². The minimum atomic E-state index is -0.519. The molecule has 0 spiro atoms. The van der Waals surface area contributed by atoms with Crippen molar-refractivity contribution in [2.24, 2.45) is 5.10 Å². The van der Waals surface area contributed by atoms with Crippen molar-refractivity contribution in [2.75, 3.05) is 49.7 Å². The van der Waals surface area contributed by atoms with Crippen LogP contribution in [0.4, 0.5) is 20.6 Å². The SMILES string of the molecule is CCOC(=O)CN1CCN(c2ccc(N3C[C@H](CCC(=S)OC)OC3=O)cc2F)C=N1. The zero-order valence-electron chi connectivity index (χ0n) is 17.5. The number of benzene rings is 1. The Morgan fingerprint density at radius 1 is 1.39 bits per heavy atom. The summed E-state index contributed by atoms with van der Waals surface area (Å²) in [7, 11) is 1.50. The Kier molecular flexibility index (Phi) is 7.61. The molecule has 1 aromatic carbocycles. The number of amides is 1. The molecule has 0 aromatic heterocycles. The number of methoxy groups -OCH3 is 1. The first-order valence-corrected chi connectivity index (χ1v) is 10.4. The lowest BCUT2D eigenvalue weighted by Crippen LogP contribution is -2.40. The van der Waals surface area contributed by atoms with Crippen LogP contribution in [0.15, 0.2) is 23.3 Å². The van der Waals surface area contributed by atoms with Gasteiger partial charge in [0, 0.05) is 13.0 Å². The highest BCUT2D eigenvalue weighted by Gasteiger charge is 2.33. The smallest absolute Gasteiger partial charge is 0.414 e. The van der Waals surface area contributed by atoms with E-state index in [1.807, 2.05) is 0 Å². The number of esters is 1. The van der Waals surface area contributed by atoms with E-state index < -0.39 is 11.9 Å². The number of cyclic esters (lactones) is 1. The maximum atomic E-state index is 14.8. The average molecular weight is 453 g/mol. The zero-order valence-corrected chi connectivity index (χ0v) is 18.3. The standard InChI is InChI=1S/C20H25FN4O5S/c1-3-29-18(26)12-24-9-8-23(13-22-24)17-6-4-14(10-16(17)21)25-11-15(30-20(25)27)5-7-19(31)28-2/h4,6,10,13,15H,3,5,7-9,11-12H2,1-2H3/t15-/m0/s1. The first kappa shape index (κ1) is 22.7. The van der Waals surface area contributed by atoms with E-state index in [1.165, 1.54) is 24.4 Å². The molecule has 2 aliphatic rings. The molecular formula is C20H25FN4O5S. The summed E-state index contributed by atoms with van der Waals surface area (Å²) in [4.78, 5) is 26.8. The molecule has 11 heteroatoms. The van der Waals surface area contributed by atoms with Crippen molar-refractivity contribution < 1.29 is 28.2 Å². The molecule has 1 atom stereocenters. The molecule has 3 rings (SSSR count). The predicted molar refractivity (Wildman–Crippen MR) is 117 cm³/mol. The molecule has 168 valence electrons. The van der Waals surface area contributed by atoms with Crippen molar-refractivity contribution in [1.82, 2.24) is 5.01 Å². The number of halogens is 1. The Hall–Kier alpha value is -2.95. The van der Waals surface area contributed by atoms with E-state index in [4.69, 9.17) is 26.4 Å². The summed E-state index contributed by atoms with van der Waals surface area (Å²) in [6.07, 6.45) is 1.67. The molecule has 2 heterocycles. The van der Waals surface area contributed by atoms with Gasteiger partial charge in [-0.15, -0.1) is 0 Å². The van der Waals surface area contributed by atoms with Gasteiger partial charge in [-0.1, -0.05) is 0 Å². The largest absolute Gasteiger partial charge is 0.490 e. The Morgan fingerprint density at radius 2 is 2.19 bits per heavy atom. The van der Waals surface area contributed by atoms with Gasteiger partial charge in [-0.05, 0) is 43.8 Å². The molecule has 1 amide bonds. The molecule has 0 aliphatic carbocycles. The molecule has 1 aromatic rings. The lowest BCUT2D eigenvalue weighted by Gasteiger charge is -2.29. The van der Waals surface area contributed by atoms with Gasteiger partial charge in [0.1, 0.15) is 24.8 Å². The molecule has 0 radical (unpaired) electrons. The van der Waals surface area contributed by atoms with Crippen molar-refractivity contribution in [3.05, 3.63) is 24.0 Å². The molecule has 0 saturated carbocycles. The van der Waals surface area contributed by atoms with Gasteiger partial charge < -0.3 is 19.1 Å². The normalized spacial score (nSPS) is 18.2. The summed E-state index contributed by atoms with van der Waals surface area (Å²) in [5, 5.41) is 6.19. The van der Waals surface area contributed by atoms with Crippen LogP contribution in [0.1, 0.15) is 19.8 Å². The van der Waals surface area contributed by atoms with E-state index >= 15 is 0 Å². The third-order valence-corrected chi connectivity index (χ3v) is 5.27. The minimum absolute atomic E-state index is 0.0486. The van der Waals surface area contributed by atoms with Crippen molar-refractivity contribution in [1.29, 1.82) is 0 Å². The third kappa shape index (κ3) is 5.81. The number of hydrogen-bond donors (Lipinski definition) is 0. The van der Waals surface area contributed by atoms with E-state index in [1.54, 1.807) is 29.0 Å². The fourth-order valence-corrected chi connectivity index (χ4v) is 3.41. The second-order valence-corrected chi connectivity index (χ2v) is 7.44. The summed E-state index contributed by atoms with van der Waals surface area (Å²) in [5.74, 6) is -0.844. The number of anilines is 2. The second kappa shape index (κ2) is 10.4. The monoisotopic (exact) mass is 452 g/mol. The van der Waals surface area contributed by atoms with Crippen LogP contribution in [0.5, 0.6) is 0 Å². The lowest BCUT2D eigenvalue weighted by atomic mass is 10.2. The van der Waals surface area contributed by atoms with E-state index in [0.29, 0.717) is 55.5 Å². The fraction of sp³-hybridized carbons (Fsp3) is 0.500. The average Bonchev–Trinajstić information content (AvgIpc) is 3.13. The van der Waals surface area contributed by atoms with Gasteiger partial charge in [-0.3, -0.25) is 14.7 Å². The zero-order chi connectivity index (χ0) is 22.4. The van der Waals surface area contributed by atoms with Crippen LogP contribution in [0.3, 0.4) is 0 Å². The van der Waals surface area contributed by atoms with Crippen molar-refractivity contribution in [3.63, 3.8) is 0 Å². The molecule has 0 bridgehead atoms. The Labute approximate surface area is 185 Å². The van der Waals surface area contributed by atoms with Crippen LogP contribution in [0, 0.1) is 5.82 Å². The first-order valence-electron chi connectivity index (χ1n) is 9.97. The van der Waals surface area contributed by atoms with Crippen molar-refractivity contribution in [2.45, 2.75) is 25.9 Å². The van der Waals surface area contributed by atoms with Crippen LogP contribution >= 0.6 is 12.2 Å². The molecule has 1 saturated heterocycles. The van der Waals surface area contributed by atoms with E-state index in [2.05, 4.69) is 5.10 Å². The molecule has 0 N–H and O–H groups in total.